The van der Waals surface area contributed by atoms with Crippen molar-refractivity contribution in [1.82, 2.24) is 15.3 Å². The summed E-state index contributed by atoms with van der Waals surface area (Å²) in [5, 5.41) is 3.32. The number of hydrogen-bond acceptors (Lipinski definition) is 4. The van der Waals surface area contributed by atoms with Crippen LogP contribution in [0.2, 0.25) is 0 Å². The fourth-order valence-corrected chi connectivity index (χ4v) is 2.06. The molecule has 0 fully saturated rings. The number of methoxy groups -OCH3 is 1. The van der Waals surface area contributed by atoms with Gasteiger partial charge in [-0.05, 0) is 5.92 Å². The third kappa shape index (κ3) is 2.23. The summed E-state index contributed by atoms with van der Waals surface area (Å²) in [5.74, 6) is 1.21. The third-order valence-corrected chi connectivity index (χ3v) is 2.94. The van der Waals surface area contributed by atoms with E-state index in [1.54, 1.807) is 7.11 Å². The number of nitrogens with one attached hydrogen (secondary N) is 1. The molecule has 1 aromatic rings. The van der Waals surface area contributed by atoms with Crippen LogP contribution < -0.4 is 5.32 Å². The van der Waals surface area contributed by atoms with Crippen molar-refractivity contribution in [1.29, 1.82) is 0 Å². The van der Waals surface area contributed by atoms with Gasteiger partial charge in [-0.3, -0.25) is 0 Å². The maximum Gasteiger partial charge on any atom is 0.157 e. The fraction of sp³-hybridized carbons (Fsp3) is 0.667. The summed E-state index contributed by atoms with van der Waals surface area (Å²) in [5.41, 5.74) is 2.39. The van der Waals surface area contributed by atoms with Gasteiger partial charge in [0.25, 0.3) is 0 Å². The van der Waals surface area contributed by atoms with E-state index in [0.29, 0.717) is 5.92 Å². The second-order valence-electron chi connectivity index (χ2n) is 4.53. The van der Waals surface area contributed by atoms with Crippen LogP contribution in [0, 0.1) is 5.92 Å². The Kier molecular flexibility index (Phi) is 3.51. The number of hydrogen-bond donors (Lipinski definition) is 1. The quantitative estimate of drug-likeness (QED) is 0.839. The standard InChI is InChI=1S/C12H19N3O/c1-8(2)11(16-3)12-14-7-9-6-13-5-4-10(9)15-12/h7-8,11,13H,4-6H2,1-3H3. The topological polar surface area (TPSA) is 47.0 Å². The first-order chi connectivity index (χ1) is 7.72. The molecule has 0 spiro atoms. The molecule has 2 heterocycles. The van der Waals surface area contributed by atoms with Crippen LogP contribution >= 0.6 is 0 Å². The highest BCUT2D eigenvalue weighted by atomic mass is 16.5. The molecular weight excluding hydrogens is 202 g/mol. The Morgan fingerprint density at radius 3 is 2.94 bits per heavy atom. The van der Waals surface area contributed by atoms with E-state index in [4.69, 9.17) is 4.74 Å². The van der Waals surface area contributed by atoms with Gasteiger partial charge in [-0.25, -0.2) is 9.97 Å². The van der Waals surface area contributed by atoms with Crippen LogP contribution in [0.5, 0.6) is 0 Å². The van der Waals surface area contributed by atoms with Gasteiger partial charge in [-0.2, -0.15) is 0 Å². The highest BCUT2D eigenvalue weighted by Gasteiger charge is 2.20. The van der Waals surface area contributed by atoms with Gasteiger partial charge < -0.3 is 10.1 Å². The average molecular weight is 221 g/mol. The van der Waals surface area contributed by atoms with E-state index in [0.717, 1.165) is 25.3 Å². The Morgan fingerprint density at radius 1 is 1.44 bits per heavy atom. The molecule has 1 aliphatic rings. The summed E-state index contributed by atoms with van der Waals surface area (Å²) in [4.78, 5) is 9.04. The Balaban J connectivity index is 2.28. The average Bonchev–Trinajstić information content (AvgIpc) is 2.29. The molecule has 0 bridgehead atoms. The first-order valence-electron chi connectivity index (χ1n) is 5.80. The highest BCUT2D eigenvalue weighted by Crippen LogP contribution is 2.23. The number of fused-ring (bicyclic) bond motifs is 1. The first kappa shape index (κ1) is 11.5. The van der Waals surface area contributed by atoms with Gasteiger partial charge in [0.15, 0.2) is 5.82 Å². The van der Waals surface area contributed by atoms with Crippen molar-refractivity contribution >= 4 is 0 Å². The maximum absolute atomic E-state index is 5.45. The molecule has 1 atom stereocenters. The second kappa shape index (κ2) is 4.89. The Bertz CT molecular complexity index is 365. The number of aromatic nitrogens is 2. The zero-order chi connectivity index (χ0) is 11.5. The second-order valence-corrected chi connectivity index (χ2v) is 4.53. The van der Waals surface area contributed by atoms with Crippen LogP contribution in [0.25, 0.3) is 0 Å². The molecule has 88 valence electrons. The van der Waals surface area contributed by atoms with Crippen molar-refractivity contribution in [3.8, 4) is 0 Å². The lowest BCUT2D eigenvalue weighted by atomic mass is 10.1. The first-order valence-corrected chi connectivity index (χ1v) is 5.80. The van der Waals surface area contributed by atoms with Gasteiger partial charge in [-0.15, -0.1) is 0 Å². The number of ether oxygens (including phenoxy) is 1. The molecule has 0 radical (unpaired) electrons. The van der Waals surface area contributed by atoms with Crippen molar-refractivity contribution in [2.24, 2.45) is 5.92 Å². The largest absolute Gasteiger partial charge is 0.373 e. The molecule has 1 aliphatic heterocycles. The van der Waals surface area contributed by atoms with Crippen molar-refractivity contribution in [2.45, 2.75) is 32.9 Å². The SMILES string of the molecule is COC(c1ncc2c(n1)CCNC2)C(C)C. The molecule has 0 amide bonds. The third-order valence-electron chi connectivity index (χ3n) is 2.94. The highest BCUT2D eigenvalue weighted by molar-refractivity contribution is 5.20. The maximum atomic E-state index is 5.45. The van der Waals surface area contributed by atoms with Gasteiger partial charge in [0.1, 0.15) is 6.10 Å². The molecule has 2 rings (SSSR count). The predicted octanol–water partition coefficient (Wildman–Crippen LogP) is 1.47. The molecular formula is C12H19N3O. The van der Waals surface area contributed by atoms with Crippen molar-refractivity contribution in [3.05, 3.63) is 23.3 Å². The van der Waals surface area contributed by atoms with E-state index in [2.05, 4.69) is 29.1 Å². The van der Waals surface area contributed by atoms with Gasteiger partial charge in [0.2, 0.25) is 0 Å². The van der Waals surface area contributed by atoms with E-state index in [1.165, 1.54) is 11.3 Å². The molecule has 0 saturated carbocycles. The minimum Gasteiger partial charge on any atom is -0.373 e. The molecule has 0 aliphatic carbocycles. The summed E-state index contributed by atoms with van der Waals surface area (Å²) >= 11 is 0. The van der Waals surface area contributed by atoms with Gasteiger partial charge in [0, 0.05) is 44.1 Å². The monoisotopic (exact) mass is 221 g/mol. The minimum absolute atomic E-state index is 0.000172. The summed E-state index contributed by atoms with van der Waals surface area (Å²) in [6, 6.07) is 0. The predicted molar refractivity (Wildman–Crippen MR) is 62.0 cm³/mol. The molecule has 1 unspecified atom stereocenters. The number of nitrogens with zero attached hydrogens (tertiary/aromatic N) is 2. The van der Waals surface area contributed by atoms with E-state index in [9.17, 15) is 0 Å². The molecule has 0 saturated heterocycles. The lowest BCUT2D eigenvalue weighted by Gasteiger charge is -2.21. The van der Waals surface area contributed by atoms with Crippen molar-refractivity contribution < 1.29 is 4.74 Å². The normalized spacial score (nSPS) is 17.2. The van der Waals surface area contributed by atoms with Crippen molar-refractivity contribution in [2.75, 3.05) is 13.7 Å². The lowest BCUT2D eigenvalue weighted by Crippen LogP contribution is -2.26. The smallest absolute Gasteiger partial charge is 0.157 e. The lowest BCUT2D eigenvalue weighted by molar-refractivity contribution is 0.0572. The Labute approximate surface area is 96.4 Å². The summed E-state index contributed by atoms with van der Waals surface area (Å²) < 4.78 is 5.45. The van der Waals surface area contributed by atoms with Crippen LogP contribution in [-0.2, 0) is 17.7 Å². The summed E-state index contributed by atoms with van der Waals surface area (Å²) in [6.45, 7) is 6.13. The summed E-state index contributed by atoms with van der Waals surface area (Å²) in [6.07, 6.45) is 2.91. The van der Waals surface area contributed by atoms with E-state index >= 15 is 0 Å². The number of rotatable bonds is 3. The van der Waals surface area contributed by atoms with Gasteiger partial charge >= 0.3 is 0 Å². The van der Waals surface area contributed by atoms with E-state index in [1.807, 2.05) is 6.20 Å². The van der Waals surface area contributed by atoms with Crippen LogP contribution in [-0.4, -0.2) is 23.6 Å². The molecule has 4 nitrogen and oxygen atoms in total. The van der Waals surface area contributed by atoms with Gasteiger partial charge in [0.05, 0.1) is 0 Å². The molecule has 0 aromatic carbocycles. The van der Waals surface area contributed by atoms with Crippen LogP contribution in [0.1, 0.15) is 37.0 Å². The Hall–Kier alpha value is -1.00. The zero-order valence-corrected chi connectivity index (χ0v) is 10.2. The van der Waals surface area contributed by atoms with Crippen LogP contribution in [0.3, 0.4) is 0 Å². The van der Waals surface area contributed by atoms with Crippen LogP contribution in [0.15, 0.2) is 6.20 Å². The van der Waals surface area contributed by atoms with E-state index in [-0.39, 0.29) is 6.10 Å². The van der Waals surface area contributed by atoms with E-state index < -0.39 is 0 Å². The molecule has 16 heavy (non-hydrogen) atoms. The molecule has 4 heteroatoms. The fourth-order valence-electron chi connectivity index (χ4n) is 2.06. The minimum atomic E-state index is 0.000172. The molecule has 1 aromatic heterocycles. The van der Waals surface area contributed by atoms with Gasteiger partial charge in [-0.1, -0.05) is 13.8 Å². The van der Waals surface area contributed by atoms with Crippen molar-refractivity contribution in [3.63, 3.8) is 0 Å². The zero-order valence-electron chi connectivity index (χ0n) is 10.2. The summed E-state index contributed by atoms with van der Waals surface area (Å²) in [7, 11) is 1.72. The van der Waals surface area contributed by atoms with Crippen LogP contribution in [0.4, 0.5) is 0 Å². The Morgan fingerprint density at radius 2 is 2.25 bits per heavy atom. The molecule has 1 N–H and O–H groups in total.